The van der Waals surface area contributed by atoms with E-state index in [9.17, 15) is 9.65 Å². The number of nitriles is 2. The lowest BCUT2D eigenvalue weighted by Crippen LogP contribution is -2.17. The molecule has 1 aliphatic heterocycles. The van der Waals surface area contributed by atoms with Gasteiger partial charge < -0.3 is 4.52 Å². The van der Waals surface area contributed by atoms with E-state index in [4.69, 9.17) is 9.78 Å². The maximum Gasteiger partial charge on any atom is 0.258 e. The van der Waals surface area contributed by atoms with E-state index in [0.717, 1.165) is 18.4 Å². The van der Waals surface area contributed by atoms with Gasteiger partial charge in [-0.1, -0.05) is 17.3 Å². The lowest BCUT2D eigenvalue weighted by molar-refractivity contribution is 0.339. The van der Waals surface area contributed by atoms with Gasteiger partial charge >= 0.3 is 0 Å². The van der Waals surface area contributed by atoms with Crippen molar-refractivity contribution in [2.75, 3.05) is 6.54 Å². The van der Waals surface area contributed by atoms with Crippen LogP contribution in [0.5, 0.6) is 0 Å². The molecular weight excluding hydrogens is 345 g/mol. The molecule has 0 bridgehead atoms. The number of hydrogen-bond acceptors (Lipinski definition) is 6. The molecule has 1 unspecified atom stereocenters. The average Bonchev–Trinajstić information content (AvgIpc) is 3.36. The Hall–Kier alpha value is -3.71. The summed E-state index contributed by atoms with van der Waals surface area (Å²) in [5, 5.41) is 22.3. The van der Waals surface area contributed by atoms with Gasteiger partial charge in [0.2, 0.25) is 0 Å². The zero-order valence-corrected chi connectivity index (χ0v) is 14.3. The van der Waals surface area contributed by atoms with Gasteiger partial charge in [0.25, 0.3) is 5.89 Å². The molecule has 2 aromatic carbocycles. The maximum absolute atomic E-state index is 13.7. The summed E-state index contributed by atoms with van der Waals surface area (Å²) < 4.78 is 19.1. The fourth-order valence-corrected chi connectivity index (χ4v) is 3.29. The highest BCUT2D eigenvalue weighted by molar-refractivity contribution is 5.70. The van der Waals surface area contributed by atoms with Gasteiger partial charge in [0, 0.05) is 12.1 Å². The summed E-state index contributed by atoms with van der Waals surface area (Å²) in [5.74, 6) is 0.368. The Morgan fingerprint density at radius 1 is 1.11 bits per heavy atom. The van der Waals surface area contributed by atoms with Gasteiger partial charge in [-0.25, -0.2) is 4.39 Å². The predicted octanol–water partition coefficient (Wildman–Crippen LogP) is 4.03. The highest BCUT2D eigenvalue weighted by atomic mass is 19.1. The van der Waals surface area contributed by atoms with Crippen molar-refractivity contribution in [2.24, 2.45) is 0 Å². The molecule has 0 aliphatic carbocycles. The Bertz CT molecular complexity index is 1080. The summed E-state index contributed by atoms with van der Waals surface area (Å²) in [6, 6.07) is 13.3. The van der Waals surface area contributed by atoms with E-state index in [1.54, 1.807) is 11.0 Å². The van der Waals surface area contributed by atoms with E-state index in [1.165, 1.54) is 12.1 Å². The topological polar surface area (TPSA) is 89.7 Å². The van der Waals surface area contributed by atoms with E-state index in [2.05, 4.69) is 16.3 Å². The Morgan fingerprint density at radius 3 is 2.78 bits per heavy atom. The minimum atomic E-state index is -0.465. The number of benzene rings is 2. The van der Waals surface area contributed by atoms with Crippen molar-refractivity contribution in [1.82, 2.24) is 15.0 Å². The Morgan fingerprint density at radius 2 is 1.96 bits per heavy atom. The molecule has 1 atom stereocenters. The third-order valence-electron chi connectivity index (χ3n) is 4.59. The Kier molecular flexibility index (Phi) is 4.27. The van der Waals surface area contributed by atoms with Crippen molar-refractivity contribution in [1.29, 1.82) is 10.5 Å². The molecule has 1 aromatic heterocycles. The molecule has 0 amide bonds. The van der Waals surface area contributed by atoms with Crippen molar-refractivity contribution in [3.8, 4) is 34.8 Å². The monoisotopic (exact) mass is 359 g/mol. The molecule has 0 saturated carbocycles. The number of rotatable bonds is 3. The molecule has 132 valence electrons. The molecule has 1 saturated heterocycles. The summed E-state index contributed by atoms with van der Waals surface area (Å²) in [6.45, 7) is 0.696. The maximum atomic E-state index is 13.7. The van der Waals surface area contributed by atoms with E-state index < -0.39 is 5.82 Å². The third kappa shape index (κ3) is 3.23. The van der Waals surface area contributed by atoms with Crippen LogP contribution in [0, 0.1) is 28.6 Å². The predicted molar refractivity (Wildman–Crippen MR) is 94.1 cm³/mol. The minimum absolute atomic E-state index is 0.155. The van der Waals surface area contributed by atoms with Crippen LogP contribution in [0.15, 0.2) is 47.0 Å². The summed E-state index contributed by atoms with van der Waals surface area (Å²) in [4.78, 5) is 6.10. The molecule has 6 nitrogen and oxygen atoms in total. The molecule has 1 fully saturated rings. The lowest BCUT2D eigenvalue weighted by atomic mass is 10.0. The molecule has 27 heavy (non-hydrogen) atoms. The standard InChI is InChI=1S/C20H14FN5O/c21-17-8-13(11-22)7-16(10-17)14-3-1-4-15(9-14)20-24-19(25-27-20)18-5-2-6-26(18)12-23/h1,3-4,7-10,18H,2,5-6H2. The second-order valence-electron chi connectivity index (χ2n) is 6.33. The molecule has 0 spiro atoms. The summed E-state index contributed by atoms with van der Waals surface area (Å²) in [7, 11) is 0. The second-order valence-corrected chi connectivity index (χ2v) is 6.33. The molecular formula is C20H14FN5O. The number of likely N-dealkylation sites (tertiary alicyclic amines) is 1. The Labute approximate surface area is 155 Å². The first-order valence-corrected chi connectivity index (χ1v) is 8.49. The van der Waals surface area contributed by atoms with Crippen LogP contribution in [0.4, 0.5) is 4.39 Å². The minimum Gasteiger partial charge on any atom is -0.334 e. The van der Waals surface area contributed by atoms with Crippen molar-refractivity contribution < 1.29 is 8.91 Å². The molecule has 0 radical (unpaired) electrons. The van der Waals surface area contributed by atoms with Crippen molar-refractivity contribution in [2.45, 2.75) is 18.9 Å². The Balaban J connectivity index is 1.67. The third-order valence-corrected chi connectivity index (χ3v) is 4.59. The van der Waals surface area contributed by atoms with Gasteiger partial charge in [-0.15, -0.1) is 0 Å². The molecule has 4 rings (SSSR count). The fraction of sp³-hybridized carbons (Fsp3) is 0.200. The van der Waals surface area contributed by atoms with Gasteiger partial charge in [-0.2, -0.15) is 15.5 Å². The molecule has 2 heterocycles. The molecule has 0 N–H and O–H groups in total. The van der Waals surface area contributed by atoms with Crippen LogP contribution in [0.1, 0.15) is 30.3 Å². The lowest BCUT2D eigenvalue weighted by Gasteiger charge is -2.13. The fourth-order valence-electron chi connectivity index (χ4n) is 3.29. The number of aromatic nitrogens is 2. The number of halogens is 1. The van der Waals surface area contributed by atoms with Crippen LogP contribution in [-0.2, 0) is 0 Å². The zero-order chi connectivity index (χ0) is 18.8. The number of hydrogen-bond donors (Lipinski definition) is 0. The van der Waals surface area contributed by atoms with E-state index in [-0.39, 0.29) is 11.6 Å². The van der Waals surface area contributed by atoms with Gasteiger partial charge in [-0.3, -0.25) is 4.90 Å². The highest BCUT2D eigenvalue weighted by Gasteiger charge is 2.29. The van der Waals surface area contributed by atoms with Crippen LogP contribution in [-0.4, -0.2) is 21.6 Å². The van der Waals surface area contributed by atoms with Crippen molar-refractivity contribution in [3.63, 3.8) is 0 Å². The zero-order valence-electron chi connectivity index (χ0n) is 14.3. The highest BCUT2D eigenvalue weighted by Crippen LogP contribution is 2.32. The summed E-state index contributed by atoms with van der Waals surface area (Å²) in [6.07, 6.45) is 3.89. The van der Waals surface area contributed by atoms with E-state index >= 15 is 0 Å². The average molecular weight is 359 g/mol. The quantitative estimate of drug-likeness (QED) is 0.656. The van der Waals surface area contributed by atoms with Gasteiger partial charge in [-0.05, 0) is 54.3 Å². The normalized spacial score (nSPS) is 16.1. The summed E-state index contributed by atoms with van der Waals surface area (Å²) in [5.41, 5.74) is 2.28. The first-order chi connectivity index (χ1) is 13.2. The van der Waals surface area contributed by atoms with Gasteiger partial charge in [0.15, 0.2) is 12.0 Å². The van der Waals surface area contributed by atoms with Crippen LogP contribution < -0.4 is 0 Å². The van der Waals surface area contributed by atoms with E-state index in [1.807, 2.05) is 30.3 Å². The SMILES string of the molecule is N#Cc1cc(F)cc(-c2cccc(-c3nc(C4CCCN4C#N)no3)c2)c1. The smallest absolute Gasteiger partial charge is 0.258 e. The molecule has 1 aliphatic rings. The first-order valence-electron chi connectivity index (χ1n) is 8.49. The largest absolute Gasteiger partial charge is 0.334 e. The van der Waals surface area contributed by atoms with Crippen molar-refractivity contribution in [3.05, 3.63) is 59.7 Å². The van der Waals surface area contributed by atoms with Crippen LogP contribution in [0.2, 0.25) is 0 Å². The first kappa shape index (κ1) is 16.7. The van der Waals surface area contributed by atoms with Crippen LogP contribution in [0.25, 0.3) is 22.6 Å². The second kappa shape index (κ2) is 6.89. The summed E-state index contributed by atoms with van der Waals surface area (Å²) >= 11 is 0. The van der Waals surface area contributed by atoms with Crippen LogP contribution in [0.3, 0.4) is 0 Å². The molecule has 3 aromatic rings. The van der Waals surface area contributed by atoms with Crippen LogP contribution >= 0.6 is 0 Å². The van der Waals surface area contributed by atoms with E-state index in [0.29, 0.717) is 29.4 Å². The van der Waals surface area contributed by atoms with Gasteiger partial charge in [0.1, 0.15) is 11.9 Å². The number of nitrogens with zero attached hydrogens (tertiary/aromatic N) is 5. The van der Waals surface area contributed by atoms with Crippen molar-refractivity contribution >= 4 is 0 Å². The van der Waals surface area contributed by atoms with Gasteiger partial charge in [0.05, 0.1) is 11.6 Å². The molecule has 7 heteroatoms.